The zero-order chi connectivity index (χ0) is 23.4. The summed E-state index contributed by atoms with van der Waals surface area (Å²) in [6, 6.07) is 14.0. The largest absolute Gasteiger partial charge is 0.497 e. The van der Waals surface area contributed by atoms with Crippen LogP contribution in [0.25, 0.3) is 0 Å². The number of ether oxygens (including phenoxy) is 1. The molecule has 4 bridgehead atoms. The number of non-ortho nitro benzene ring substituents is 1. The number of benzene rings is 2. The molecule has 5 aliphatic rings. The van der Waals surface area contributed by atoms with E-state index < -0.39 is 0 Å². The van der Waals surface area contributed by atoms with Gasteiger partial charge in [-0.25, -0.2) is 5.01 Å². The normalized spacial score (nSPS) is 31.4. The number of carbonyl (C=O) groups excluding carboxylic acids is 1. The molecule has 4 saturated carbocycles. The molecule has 0 unspecified atom stereocenters. The van der Waals surface area contributed by atoms with Crippen LogP contribution in [-0.2, 0) is 4.79 Å². The Bertz CT molecular complexity index is 1140. The minimum atomic E-state index is -0.380. The van der Waals surface area contributed by atoms with Crippen LogP contribution in [0.2, 0.25) is 0 Å². The van der Waals surface area contributed by atoms with Gasteiger partial charge < -0.3 is 4.74 Å². The van der Waals surface area contributed by atoms with Crippen molar-refractivity contribution in [1.82, 2.24) is 5.01 Å². The highest BCUT2D eigenvalue weighted by Gasteiger charge is 2.57. The van der Waals surface area contributed by atoms with Crippen molar-refractivity contribution >= 4 is 17.3 Å². The van der Waals surface area contributed by atoms with Gasteiger partial charge in [-0.05, 0) is 91.7 Å². The molecule has 1 aliphatic heterocycles. The fourth-order valence-electron chi connectivity index (χ4n) is 7.38. The molecular weight excluding hydrogens is 430 g/mol. The molecule has 1 amide bonds. The van der Waals surface area contributed by atoms with Crippen LogP contribution < -0.4 is 4.74 Å². The summed E-state index contributed by atoms with van der Waals surface area (Å²) in [6.45, 7) is 0. The number of amides is 1. The number of hydrogen-bond donors (Lipinski definition) is 0. The third-order valence-electron chi connectivity index (χ3n) is 8.50. The minimum Gasteiger partial charge on any atom is -0.497 e. The van der Waals surface area contributed by atoms with E-state index in [2.05, 4.69) is 0 Å². The molecule has 2 aromatic carbocycles. The molecule has 4 fully saturated rings. The van der Waals surface area contributed by atoms with Crippen LogP contribution in [0, 0.1) is 33.3 Å². The second kappa shape index (κ2) is 7.93. The first-order chi connectivity index (χ1) is 16.4. The molecular formula is C27H29N3O4. The Balaban J connectivity index is 1.38. The summed E-state index contributed by atoms with van der Waals surface area (Å²) in [4.78, 5) is 25.3. The fraction of sp³-hybridized carbons (Fsp3) is 0.481. The average molecular weight is 460 g/mol. The van der Waals surface area contributed by atoms with Gasteiger partial charge >= 0.3 is 0 Å². The predicted molar refractivity (Wildman–Crippen MR) is 127 cm³/mol. The van der Waals surface area contributed by atoms with E-state index in [0.717, 1.165) is 41.9 Å². The maximum absolute atomic E-state index is 14.2. The summed E-state index contributed by atoms with van der Waals surface area (Å²) in [5.41, 5.74) is 2.25. The van der Waals surface area contributed by atoms with E-state index in [1.807, 2.05) is 30.3 Å². The highest BCUT2D eigenvalue weighted by atomic mass is 16.6. The molecule has 7 rings (SSSR count). The van der Waals surface area contributed by atoms with Crippen LogP contribution in [0.3, 0.4) is 0 Å². The number of nitro groups is 1. The van der Waals surface area contributed by atoms with Gasteiger partial charge in [0.05, 0.1) is 29.2 Å². The Morgan fingerprint density at radius 1 is 1.06 bits per heavy atom. The summed E-state index contributed by atoms with van der Waals surface area (Å²) in [5.74, 6) is 2.84. The molecule has 4 aliphatic carbocycles. The third-order valence-corrected chi connectivity index (χ3v) is 8.50. The van der Waals surface area contributed by atoms with Crippen molar-refractivity contribution in [2.24, 2.45) is 28.3 Å². The lowest BCUT2D eigenvalue weighted by atomic mass is 9.49. The number of carbonyl (C=O) groups is 1. The number of hydrogen-bond acceptors (Lipinski definition) is 5. The lowest BCUT2D eigenvalue weighted by molar-refractivity contribution is -0.385. The van der Waals surface area contributed by atoms with Crippen molar-refractivity contribution in [2.75, 3.05) is 7.11 Å². The van der Waals surface area contributed by atoms with E-state index in [4.69, 9.17) is 9.84 Å². The third kappa shape index (κ3) is 3.49. The molecule has 0 radical (unpaired) electrons. The predicted octanol–water partition coefficient (Wildman–Crippen LogP) is 5.50. The van der Waals surface area contributed by atoms with Gasteiger partial charge in [-0.15, -0.1) is 0 Å². The minimum absolute atomic E-state index is 0.0394. The molecule has 0 N–H and O–H groups in total. The van der Waals surface area contributed by atoms with E-state index >= 15 is 0 Å². The van der Waals surface area contributed by atoms with Crippen molar-refractivity contribution < 1.29 is 14.5 Å². The van der Waals surface area contributed by atoms with E-state index in [0.29, 0.717) is 24.2 Å². The van der Waals surface area contributed by atoms with E-state index in [9.17, 15) is 14.9 Å². The van der Waals surface area contributed by atoms with Gasteiger partial charge in [0.15, 0.2) is 0 Å². The molecule has 0 saturated heterocycles. The van der Waals surface area contributed by atoms with Crippen molar-refractivity contribution in [3.05, 3.63) is 69.8 Å². The number of rotatable bonds is 5. The summed E-state index contributed by atoms with van der Waals surface area (Å²) in [6.07, 6.45) is 7.21. The molecule has 7 nitrogen and oxygen atoms in total. The van der Waals surface area contributed by atoms with Gasteiger partial charge in [0.2, 0.25) is 5.91 Å². The SMILES string of the molecule is COc1ccc(C2=NN(C(=O)C34CC5CC(CC(C5)C3)C4)[C@@H](c3cccc([N+](=O)[O-])c3)C2)cc1. The van der Waals surface area contributed by atoms with E-state index in [-0.39, 0.29) is 28.0 Å². The Morgan fingerprint density at radius 2 is 1.71 bits per heavy atom. The first kappa shape index (κ1) is 21.3. The first-order valence-electron chi connectivity index (χ1n) is 12.2. The fourth-order valence-corrected chi connectivity index (χ4v) is 7.38. The molecule has 1 heterocycles. The van der Waals surface area contributed by atoms with Crippen molar-refractivity contribution in [3.8, 4) is 5.75 Å². The van der Waals surface area contributed by atoms with Gasteiger partial charge in [0, 0.05) is 18.6 Å². The van der Waals surface area contributed by atoms with Crippen molar-refractivity contribution in [3.63, 3.8) is 0 Å². The number of methoxy groups -OCH3 is 1. The quantitative estimate of drug-likeness (QED) is 0.437. The second-order valence-corrected chi connectivity index (χ2v) is 10.7. The number of nitro benzene ring substituents is 1. The molecule has 34 heavy (non-hydrogen) atoms. The molecule has 7 heteroatoms. The molecule has 1 atom stereocenters. The number of hydrazone groups is 1. The zero-order valence-electron chi connectivity index (χ0n) is 19.4. The highest BCUT2D eigenvalue weighted by Crippen LogP contribution is 2.61. The second-order valence-electron chi connectivity index (χ2n) is 10.7. The maximum Gasteiger partial charge on any atom is 0.269 e. The molecule has 0 aromatic heterocycles. The van der Waals surface area contributed by atoms with E-state index in [1.165, 1.54) is 25.3 Å². The highest BCUT2D eigenvalue weighted by molar-refractivity contribution is 6.03. The molecule has 2 aromatic rings. The Hall–Kier alpha value is -3.22. The van der Waals surface area contributed by atoms with E-state index in [1.54, 1.807) is 24.3 Å². The zero-order valence-corrected chi connectivity index (χ0v) is 19.4. The Labute approximate surface area is 198 Å². The van der Waals surface area contributed by atoms with Gasteiger partial charge in [0.25, 0.3) is 5.69 Å². The van der Waals surface area contributed by atoms with Crippen molar-refractivity contribution in [1.29, 1.82) is 0 Å². The van der Waals surface area contributed by atoms with Crippen LogP contribution in [0.4, 0.5) is 5.69 Å². The summed E-state index contributed by atoms with van der Waals surface area (Å²) in [7, 11) is 1.63. The number of nitrogens with zero attached hydrogens (tertiary/aromatic N) is 3. The lowest BCUT2D eigenvalue weighted by Gasteiger charge is -2.56. The van der Waals surface area contributed by atoms with Gasteiger partial charge in [-0.2, -0.15) is 5.10 Å². The van der Waals surface area contributed by atoms with Crippen LogP contribution in [0.15, 0.2) is 53.6 Å². The smallest absolute Gasteiger partial charge is 0.269 e. The van der Waals surface area contributed by atoms with Gasteiger partial charge in [0.1, 0.15) is 5.75 Å². The van der Waals surface area contributed by atoms with Gasteiger partial charge in [-0.1, -0.05) is 12.1 Å². The topological polar surface area (TPSA) is 85.0 Å². The maximum atomic E-state index is 14.2. The van der Waals surface area contributed by atoms with Crippen LogP contribution >= 0.6 is 0 Å². The van der Waals surface area contributed by atoms with Crippen LogP contribution in [0.1, 0.15) is 62.1 Å². The van der Waals surface area contributed by atoms with Crippen molar-refractivity contribution in [2.45, 2.75) is 51.0 Å². The summed E-state index contributed by atoms with van der Waals surface area (Å²) < 4.78 is 5.29. The lowest BCUT2D eigenvalue weighted by Crippen LogP contribution is -2.53. The molecule has 0 spiro atoms. The summed E-state index contributed by atoms with van der Waals surface area (Å²) in [5, 5.41) is 18.0. The van der Waals surface area contributed by atoms with Crippen LogP contribution in [0.5, 0.6) is 5.75 Å². The van der Waals surface area contributed by atoms with Gasteiger partial charge in [-0.3, -0.25) is 14.9 Å². The Kier molecular flexibility index (Phi) is 4.97. The molecule has 176 valence electrons. The Morgan fingerprint density at radius 3 is 2.29 bits per heavy atom. The summed E-state index contributed by atoms with van der Waals surface area (Å²) >= 11 is 0. The standard InChI is InChI=1S/C27H29N3O4/c1-34-23-7-5-20(6-8-23)24-13-25(21-3-2-4-22(12-21)30(32)33)29(28-24)26(31)27-14-17-9-18(15-27)11-19(10-17)16-27/h2-8,12,17-19,25H,9-11,13-16H2,1H3/t17?,18?,19?,25-,27?/m1/s1. The van der Waals surface area contributed by atoms with Crippen LogP contribution in [-0.4, -0.2) is 28.7 Å². The average Bonchev–Trinajstić information content (AvgIpc) is 3.28. The first-order valence-corrected chi connectivity index (χ1v) is 12.2. The monoisotopic (exact) mass is 459 g/mol.